The smallest absolute Gasteiger partial charge is 0.353 e. The first-order chi connectivity index (χ1) is 12.6. The fourth-order valence-corrected chi connectivity index (χ4v) is 2.42. The molecule has 132 valence electrons. The summed E-state index contributed by atoms with van der Waals surface area (Å²) >= 11 is 3.28. The van der Waals surface area contributed by atoms with Gasteiger partial charge < -0.3 is 15.4 Å². The Balaban J connectivity index is 1.98. The Morgan fingerprint density at radius 2 is 1.81 bits per heavy atom. The van der Waals surface area contributed by atoms with E-state index in [1.165, 1.54) is 13.4 Å². The predicted octanol–water partition coefficient (Wildman–Crippen LogP) is 4.04. The monoisotopic (exact) mass is 416 g/mol. The van der Waals surface area contributed by atoms with Gasteiger partial charge in [-0.25, -0.2) is 15.0 Å². The maximum atomic E-state index is 11.6. The molecule has 2 heterocycles. The largest absolute Gasteiger partial charge is 0.495 e. The van der Waals surface area contributed by atoms with Crippen molar-refractivity contribution in [1.29, 1.82) is 0 Å². The Labute approximate surface area is 156 Å². The van der Waals surface area contributed by atoms with Gasteiger partial charge in [-0.15, -0.1) is 0 Å². The zero-order valence-corrected chi connectivity index (χ0v) is 15.1. The van der Waals surface area contributed by atoms with Crippen molar-refractivity contribution >= 4 is 44.8 Å². The zero-order valence-electron chi connectivity index (χ0n) is 13.5. The van der Waals surface area contributed by atoms with Gasteiger partial charge in [0.1, 0.15) is 17.9 Å². The molecule has 0 fully saturated rings. The minimum atomic E-state index is -0.557. The van der Waals surface area contributed by atoms with E-state index in [-0.39, 0.29) is 17.3 Å². The summed E-state index contributed by atoms with van der Waals surface area (Å²) in [6, 6.07) is 10.5. The molecule has 10 heteroatoms. The number of para-hydroxylation sites is 2. The molecule has 0 atom stereocenters. The van der Waals surface area contributed by atoms with Crippen molar-refractivity contribution in [3.8, 4) is 5.75 Å². The summed E-state index contributed by atoms with van der Waals surface area (Å²) in [5.74, 6) is 1.01. The number of hydrogen-bond donors (Lipinski definition) is 2. The number of ether oxygens (including phenoxy) is 1. The number of hydrogen-bond acceptors (Lipinski definition) is 8. The van der Waals surface area contributed by atoms with Gasteiger partial charge in [-0.05, 0) is 40.2 Å². The lowest BCUT2D eigenvalue weighted by Gasteiger charge is -2.12. The number of rotatable bonds is 6. The van der Waals surface area contributed by atoms with Gasteiger partial charge in [0.25, 0.3) is 0 Å². The van der Waals surface area contributed by atoms with Crippen LogP contribution in [0.1, 0.15) is 0 Å². The van der Waals surface area contributed by atoms with Crippen LogP contribution in [0.5, 0.6) is 5.75 Å². The fourth-order valence-electron chi connectivity index (χ4n) is 2.18. The molecule has 2 N–H and O–H groups in total. The molecule has 2 aromatic heterocycles. The quantitative estimate of drug-likeness (QED) is 0.456. The number of nitrogens with one attached hydrogen (secondary N) is 2. The molecule has 0 aliphatic rings. The molecule has 0 amide bonds. The number of aromatic nitrogens is 3. The topological polar surface area (TPSA) is 115 Å². The maximum absolute atomic E-state index is 11.6. The Kier molecular flexibility index (Phi) is 5.23. The summed E-state index contributed by atoms with van der Waals surface area (Å²) in [7, 11) is 1.51. The van der Waals surface area contributed by atoms with E-state index in [1.807, 2.05) is 0 Å². The SMILES string of the molecule is COc1ccccc1Nc1ncnc(Nc2ccc(Br)cn2)c1[N+](=O)[O-]. The second-order valence-corrected chi connectivity index (χ2v) is 5.90. The first-order valence-electron chi connectivity index (χ1n) is 7.36. The van der Waals surface area contributed by atoms with Gasteiger partial charge in [-0.2, -0.15) is 0 Å². The van der Waals surface area contributed by atoms with Crippen LogP contribution in [0, 0.1) is 10.1 Å². The number of pyridine rings is 1. The van der Waals surface area contributed by atoms with Crippen molar-refractivity contribution in [3.63, 3.8) is 0 Å². The van der Waals surface area contributed by atoms with E-state index >= 15 is 0 Å². The van der Waals surface area contributed by atoms with Crippen molar-refractivity contribution in [3.05, 3.63) is 63.5 Å². The van der Waals surface area contributed by atoms with Crippen LogP contribution in [0.2, 0.25) is 0 Å². The van der Waals surface area contributed by atoms with Crippen LogP contribution in [-0.2, 0) is 0 Å². The second-order valence-electron chi connectivity index (χ2n) is 4.99. The van der Waals surface area contributed by atoms with E-state index in [0.29, 0.717) is 17.3 Å². The lowest BCUT2D eigenvalue weighted by molar-refractivity contribution is -0.383. The minimum Gasteiger partial charge on any atom is -0.495 e. The van der Waals surface area contributed by atoms with Crippen LogP contribution < -0.4 is 15.4 Å². The van der Waals surface area contributed by atoms with E-state index in [2.05, 4.69) is 41.5 Å². The lowest BCUT2D eigenvalue weighted by atomic mass is 10.3. The summed E-state index contributed by atoms with van der Waals surface area (Å²) in [5.41, 5.74) is 0.243. The zero-order chi connectivity index (χ0) is 18.5. The number of anilines is 4. The number of halogens is 1. The van der Waals surface area contributed by atoms with Crippen molar-refractivity contribution in [2.75, 3.05) is 17.7 Å². The molecule has 3 rings (SSSR count). The number of benzene rings is 1. The molecule has 0 unspecified atom stereocenters. The summed E-state index contributed by atoms with van der Waals surface area (Å²) in [6.07, 6.45) is 2.80. The van der Waals surface area contributed by atoms with Gasteiger partial charge >= 0.3 is 5.69 Å². The number of nitro groups is 1. The van der Waals surface area contributed by atoms with E-state index in [9.17, 15) is 10.1 Å². The average Bonchev–Trinajstić information content (AvgIpc) is 2.64. The Morgan fingerprint density at radius 3 is 2.46 bits per heavy atom. The lowest BCUT2D eigenvalue weighted by Crippen LogP contribution is -2.06. The highest BCUT2D eigenvalue weighted by Gasteiger charge is 2.24. The Hall–Kier alpha value is -3.27. The van der Waals surface area contributed by atoms with Crippen molar-refractivity contribution in [2.24, 2.45) is 0 Å². The van der Waals surface area contributed by atoms with Gasteiger partial charge in [0.2, 0.25) is 11.6 Å². The summed E-state index contributed by atoms with van der Waals surface area (Å²) < 4.78 is 6.04. The molecule has 0 saturated heterocycles. The molecule has 9 nitrogen and oxygen atoms in total. The molecule has 0 bridgehead atoms. The number of methoxy groups -OCH3 is 1. The molecule has 0 radical (unpaired) electrons. The van der Waals surface area contributed by atoms with Crippen LogP contribution in [-0.4, -0.2) is 27.0 Å². The predicted molar refractivity (Wildman–Crippen MR) is 100 cm³/mol. The maximum Gasteiger partial charge on any atom is 0.353 e. The summed E-state index contributed by atoms with van der Waals surface area (Å²) in [6.45, 7) is 0. The molecule has 0 aliphatic heterocycles. The van der Waals surface area contributed by atoms with Gasteiger partial charge in [-0.3, -0.25) is 10.1 Å². The molecule has 1 aromatic carbocycles. The van der Waals surface area contributed by atoms with E-state index < -0.39 is 4.92 Å². The number of nitrogens with zero attached hydrogens (tertiary/aromatic N) is 4. The van der Waals surface area contributed by atoms with Gasteiger partial charge in [0, 0.05) is 10.7 Å². The Morgan fingerprint density at radius 1 is 1.08 bits per heavy atom. The molecule has 0 spiro atoms. The van der Waals surface area contributed by atoms with Gasteiger partial charge in [0.05, 0.1) is 17.7 Å². The molecule has 26 heavy (non-hydrogen) atoms. The molecule has 3 aromatic rings. The highest BCUT2D eigenvalue weighted by Crippen LogP contribution is 2.35. The summed E-state index contributed by atoms with van der Waals surface area (Å²) in [5, 5.41) is 17.4. The molecule has 0 aliphatic carbocycles. The van der Waals surface area contributed by atoms with Crippen molar-refractivity contribution < 1.29 is 9.66 Å². The van der Waals surface area contributed by atoms with E-state index in [4.69, 9.17) is 4.74 Å². The van der Waals surface area contributed by atoms with Crippen LogP contribution in [0.25, 0.3) is 0 Å². The van der Waals surface area contributed by atoms with Crippen LogP contribution >= 0.6 is 15.9 Å². The van der Waals surface area contributed by atoms with E-state index in [0.717, 1.165) is 4.47 Å². The average molecular weight is 417 g/mol. The third-order valence-electron chi connectivity index (χ3n) is 3.34. The normalized spacial score (nSPS) is 10.2. The first kappa shape index (κ1) is 17.5. The summed E-state index contributed by atoms with van der Waals surface area (Å²) in [4.78, 5) is 23.2. The van der Waals surface area contributed by atoms with Gasteiger partial charge in [-0.1, -0.05) is 12.1 Å². The van der Waals surface area contributed by atoms with Crippen LogP contribution in [0.15, 0.2) is 53.4 Å². The fraction of sp³-hybridized carbons (Fsp3) is 0.0625. The van der Waals surface area contributed by atoms with Crippen LogP contribution in [0.4, 0.5) is 28.8 Å². The first-order valence-corrected chi connectivity index (χ1v) is 8.16. The van der Waals surface area contributed by atoms with Crippen molar-refractivity contribution in [2.45, 2.75) is 0 Å². The van der Waals surface area contributed by atoms with Crippen LogP contribution in [0.3, 0.4) is 0 Å². The highest BCUT2D eigenvalue weighted by atomic mass is 79.9. The third-order valence-corrected chi connectivity index (χ3v) is 3.81. The van der Waals surface area contributed by atoms with E-state index in [1.54, 1.807) is 42.6 Å². The standard InChI is InChI=1S/C16H13BrN6O3/c1-26-12-5-3-2-4-11(12)21-15-14(23(24)25)16(20-9-19-15)22-13-7-6-10(17)8-18-13/h2-9H,1H3,(H2,18,19,20,21,22). The molecular formula is C16H13BrN6O3. The second kappa shape index (κ2) is 7.74. The van der Waals surface area contributed by atoms with Crippen molar-refractivity contribution in [1.82, 2.24) is 15.0 Å². The molecular weight excluding hydrogens is 404 g/mol. The highest BCUT2D eigenvalue weighted by molar-refractivity contribution is 9.10. The minimum absolute atomic E-state index is 0.0252. The van der Waals surface area contributed by atoms with Gasteiger partial charge in [0.15, 0.2) is 0 Å². The molecule has 0 saturated carbocycles. The third kappa shape index (κ3) is 3.86. The Bertz CT molecular complexity index is 936.